The molecule has 0 spiro atoms. The van der Waals surface area contributed by atoms with Crippen LogP contribution in [0.3, 0.4) is 0 Å². The van der Waals surface area contributed by atoms with Gasteiger partial charge in [-0.2, -0.15) is 25.9 Å². The van der Waals surface area contributed by atoms with Crippen LogP contribution in [0.1, 0.15) is 24.1 Å². The summed E-state index contributed by atoms with van der Waals surface area (Å²) < 4.78 is 205. The minimum Gasteiger partial charge on any atom is -0.387 e. The molecule has 18 atom stereocenters. The quantitative estimate of drug-likeness (QED) is 0.0243. The molecule has 0 aliphatic carbocycles. The number of aromatic amines is 2. The molecule has 3 fully saturated rings. The van der Waals surface area contributed by atoms with Crippen molar-refractivity contribution in [3.8, 4) is 24.7 Å². The molecule has 50 nitrogen and oxygen atoms in total. The Morgan fingerprint density at radius 3 is 1.25 bits per heavy atom. The number of amidine groups is 1. The van der Waals surface area contributed by atoms with Gasteiger partial charge in [0.05, 0.1) is 25.9 Å². The first-order chi connectivity index (χ1) is 45.5. The second kappa shape index (κ2) is 30.8. The monoisotopic (exact) mass is 1620 g/mol. The third kappa shape index (κ3) is 21.1. The lowest BCUT2D eigenvalue weighted by Crippen LogP contribution is -2.49. The number of aliphatic imine (C=N–C) groups is 1. The summed E-state index contributed by atoms with van der Waals surface area (Å²) in [5, 5.41) is 31.1. The number of ether oxygens (including phenoxy) is 4. The van der Waals surface area contributed by atoms with E-state index in [1.54, 1.807) is 0 Å². The van der Waals surface area contributed by atoms with E-state index in [0.717, 1.165) is 33.8 Å². The molecule has 4 aromatic heterocycles. The van der Waals surface area contributed by atoms with Crippen LogP contribution in [0.25, 0.3) is 22.3 Å². The van der Waals surface area contributed by atoms with Gasteiger partial charge in [-0.15, -0.1) is 12.8 Å². The van der Waals surface area contributed by atoms with Crippen molar-refractivity contribution in [3.63, 3.8) is 0 Å². The Morgan fingerprint density at radius 2 is 0.920 bits per heavy atom. The van der Waals surface area contributed by atoms with E-state index < -0.39 is 180 Å². The fraction of sp³-hybridized carbons (Fsp3) is 0.500. The van der Waals surface area contributed by atoms with Crippen LogP contribution < -0.4 is 16.9 Å². The Labute approximate surface area is 552 Å². The van der Waals surface area contributed by atoms with E-state index in [1.807, 2.05) is 11.8 Å². The molecule has 19 N–H and O–H groups in total. The average molecular weight is 1620 g/mol. The number of nitrogens with zero attached hydrogens (tertiary/aromatic N) is 8. The fourth-order valence-corrected chi connectivity index (χ4v) is 17.9. The van der Waals surface area contributed by atoms with Crippen molar-refractivity contribution in [2.45, 2.75) is 86.2 Å². The number of halogens is 3. The van der Waals surface area contributed by atoms with Gasteiger partial charge in [-0.3, -0.25) is 32.3 Å². The van der Waals surface area contributed by atoms with Gasteiger partial charge in [0.1, 0.15) is 60.4 Å². The van der Waals surface area contributed by atoms with E-state index >= 15 is 0 Å². The third-order valence-corrected chi connectivity index (χ3v) is 23.9. The lowest BCUT2D eigenvalue weighted by molar-refractivity contribution is -0.157. The van der Waals surface area contributed by atoms with Gasteiger partial charge < -0.3 is 114 Å². The molecule has 0 aromatic carbocycles. The fourth-order valence-electron chi connectivity index (χ4n) is 8.68. The first-order valence-corrected chi connectivity index (χ1v) is 39.2. The number of aliphatic hydroxyl groups excluding tert-OH is 3. The van der Waals surface area contributed by atoms with Gasteiger partial charge in [0.25, 0.3) is 11.1 Å². The van der Waals surface area contributed by atoms with Gasteiger partial charge in [-0.05, 0) is 19.9 Å². The first kappa shape index (κ1) is 84.2. The number of H-pyrrole nitrogens is 2. The normalized spacial score (nSPS) is 30.1. The number of aromatic nitrogens is 8. The molecule has 0 amide bonds. The van der Waals surface area contributed by atoms with Gasteiger partial charge in [-0.1, -0.05) is 18.4 Å². The van der Waals surface area contributed by atoms with Crippen molar-refractivity contribution in [3.05, 3.63) is 69.7 Å². The van der Waals surface area contributed by atoms with E-state index in [0.29, 0.717) is 0 Å². The minimum absolute atomic E-state index is 0.0500. The van der Waals surface area contributed by atoms with Crippen molar-refractivity contribution in [1.29, 1.82) is 0 Å². The first-order valence-electron chi connectivity index (χ1n) is 25.6. The molecular formula is C38H53F3N11O39P9. The number of aryl methyl sites for hydroxylation is 2. The maximum Gasteiger partial charge on any atom is 0.490 e. The molecule has 0 saturated carbocycles. The standard InChI is InChI=1S/2C13H16FN4O13P3.C12H21FN3O13P3/c2*1-3-13(4-28-33(24,25)31-34(26,27)30-32(21,22)23)9(19)7(14)12(29-13)18-5-15-8-10(18)16-6(2)17-11(8)20;1-7-15-8(14)3-4-16(7)11-9(13)10(17)12(27-11,5-25-2)6-26-31(21,22)29-32(23,24)28-30(18,19)20/h2*1,5,7,9,12,19H,4H2,2H3,(H,24,25)(H,26,27)(H,16,17,20)(H2,21,22,23);3-4,9-11,17H,1,5-6H2,2H3,(H2,14,15)(H,21,22)(H,23,24)(H2,18,19,20)/t2*7-,9+,12-,13-;9-,10+,11-,12-/m111/s1. The molecule has 4 aliphatic rings. The summed E-state index contributed by atoms with van der Waals surface area (Å²) in [5.41, 5.74) is -3.56. The number of terminal acetylenes is 2. The summed E-state index contributed by atoms with van der Waals surface area (Å²) >= 11 is 0. The summed E-state index contributed by atoms with van der Waals surface area (Å²) in [4.78, 5) is 157. The zero-order valence-electron chi connectivity index (χ0n) is 49.5. The van der Waals surface area contributed by atoms with Crippen LogP contribution in [0, 0.1) is 38.5 Å². The topological polar surface area (TPSA) is 746 Å². The van der Waals surface area contributed by atoms with E-state index in [1.165, 1.54) is 26.1 Å². The number of phosphoric ester groups is 3. The van der Waals surface area contributed by atoms with Crippen LogP contribution in [-0.2, 0) is 99.5 Å². The maximum atomic E-state index is 15.0. The van der Waals surface area contributed by atoms with Gasteiger partial charge in [-0.25, -0.2) is 79.2 Å². The highest BCUT2D eigenvalue weighted by Gasteiger charge is 2.61. The SMILES string of the molecule is C#C[C@]1(COP(=O)(O)OP(=O)(O)OP(=O)(O)O)O[C@@H](n2cnc3c(=O)[nH]c(C)nc32)[C@H](F)[C@@H]1O.C#C[C@]1(COP(=O)(O)OP(=O)(O)OP(=O)(O)O)O[C@@H](n2cnc3c(=O)[nH]c(C)nc32)[C@H](F)[C@@H]1O.C=C1N=C(N)C=CN1[C@@H]1O[C@](COC)(COP(=O)(O)OP(=O)(O)OP(=O)(O)O)[C@@H](O)[C@H]1F. The Balaban J connectivity index is 0.000000236. The number of alkyl halides is 3. The van der Waals surface area contributed by atoms with Gasteiger partial charge in [0, 0.05) is 13.3 Å². The van der Waals surface area contributed by atoms with Gasteiger partial charge >= 0.3 is 70.4 Å². The Hall–Kier alpha value is -4.69. The third-order valence-electron chi connectivity index (χ3n) is 12.6. The number of phosphoric acid groups is 9. The number of hydrogen-bond donors (Lipinski definition) is 18. The number of rotatable bonds is 26. The molecule has 560 valence electrons. The smallest absolute Gasteiger partial charge is 0.387 e. The number of nitrogens with one attached hydrogen (secondary N) is 2. The van der Waals surface area contributed by atoms with E-state index in [2.05, 4.69) is 80.9 Å². The summed E-state index contributed by atoms with van der Waals surface area (Å²) in [5.74, 6) is 4.02. The Bertz CT molecular complexity index is 4310. The molecule has 4 aromatic rings. The summed E-state index contributed by atoms with van der Waals surface area (Å²) in [6, 6.07) is 0. The van der Waals surface area contributed by atoms with Crippen molar-refractivity contribution in [1.82, 2.24) is 43.9 Å². The predicted molar refractivity (Wildman–Crippen MR) is 313 cm³/mol. The molecule has 8 rings (SSSR count). The zero-order chi connectivity index (χ0) is 75.9. The molecule has 8 heterocycles. The molecule has 6 unspecified atom stereocenters. The number of methoxy groups -OCH3 is 1. The highest BCUT2D eigenvalue weighted by molar-refractivity contribution is 7.67. The van der Waals surface area contributed by atoms with E-state index in [-0.39, 0.29) is 45.6 Å². The molecule has 0 bridgehead atoms. The number of hydrogen-bond acceptors (Lipinski definition) is 34. The molecule has 62 heteroatoms. The van der Waals surface area contributed by atoms with Crippen LogP contribution >= 0.6 is 70.4 Å². The predicted octanol–water partition coefficient (Wildman–Crippen LogP) is -1.83. The van der Waals surface area contributed by atoms with E-state index in [4.69, 9.17) is 66.9 Å². The van der Waals surface area contributed by atoms with Crippen molar-refractivity contribution >= 4 is 98.6 Å². The second-order valence-electron chi connectivity index (χ2n) is 20.0. The van der Waals surface area contributed by atoms with Crippen molar-refractivity contribution in [2.75, 3.05) is 33.5 Å². The van der Waals surface area contributed by atoms with Crippen LogP contribution in [-0.4, -0.2) is 217 Å². The molecule has 100 heavy (non-hydrogen) atoms. The Kier molecular flexibility index (Phi) is 25.9. The van der Waals surface area contributed by atoms with Crippen LogP contribution in [0.15, 0.2) is 51.9 Å². The van der Waals surface area contributed by atoms with Crippen LogP contribution in [0.2, 0.25) is 0 Å². The summed E-state index contributed by atoms with van der Waals surface area (Å²) in [6.07, 6.45) is -3.18. The minimum atomic E-state index is -5.83. The number of nitrogens with two attached hydrogens (primary N) is 1. The number of imidazole rings is 2. The van der Waals surface area contributed by atoms with E-state index in [9.17, 15) is 109 Å². The lowest BCUT2D eigenvalue weighted by atomic mass is 9.97. The molecule has 3 saturated heterocycles. The molecule has 4 aliphatic heterocycles. The van der Waals surface area contributed by atoms with Gasteiger partial charge in [0.2, 0.25) is 0 Å². The second-order valence-corrected chi connectivity index (χ2v) is 33.2. The lowest BCUT2D eigenvalue weighted by Gasteiger charge is -2.33. The van der Waals surface area contributed by atoms with Crippen molar-refractivity contribution in [2.24, 2.45) is 10.7 Å². The summed E-state index contributed by atoms with van der Waals surface area (Å²) in [6.45, 7) is 2.07. The number of aliphatic hydroxyl groups is 3. The number of fused-ring (bicyclic) bond motifs is 2. The zero-order valence-corrected chi connectivity index (χ0v) is 57.6. The highest BCUT2D eigenvalue weighted by Crippen LogP contribution is 2.69. The average Bonchev–Trinajstić information content (AvgIpc) is 1.62. The highest BCUT2D eigenvalue weighted by atomic mass is 31.3. The Morgan fingerprint density at radius 1 is 0.570 bits per heavy atom. The largest absolute Gasteiger partial charge is 0.490 e. The van der Waals surface area contributed by atoms with Crippen LogP contribution in [0.4, 0.5) is 13.2 Å². The summed E-state index contributed by atoms with van der Waals surface area (Å²) in [7, 11) is -50.0. The molecule has 0 radical (unpaired) electrons. The van der Waals surface area contributed by atoms with Crippen LogP contribution in [0.5, 0.6) is 0 Å². The van der Waals surface area contributed by atoms with Crippen molar-refractivity contribution < 1.29 is 187 Å². The molecular weight excluding hydrogens is 1570 g/mol. The maximum absolute atomic E-state index is 15.0. The van der Waals surface area contributed by atoms with Gasteiger partial charge in [0.15, 0.2) is 70.7 Å².